The van der Waals surface area contributed by atoms with Gasteiger partial charge in [0.2, 0.25) is 0 Å². The monoisotopic (exact) mass is 262 g/mol. The maximum atomic E-state index is 10.8. The highest BCUT2D eigenvalue weighted by Gasteiger charge is 2.37. The van der Waals surface area contributed by atoms with Gasteiger partial charge in [-0.15, -0.1) is 0 Å². The van der Waals surface area contributed by atoms with Crippen molar-refractivity contribution in [2.24, 2.45) is 0 Å². The average molecular weight is 262 g/mol. The third-order valence-electron chi connectivity index (χ3n) is 4.66. The molecule has 0 saturated heterocycles. The molecule has 0 bridgehead atoms. The van der Waals surface area contributed by atoms with Crippen molar-refractivity contribution in [3.05, 3.63) is 34.4 Å². The third kappa shape index (κ3) is 3.01. The summed E-state index contributed by atoms with van der Waals surface area (Å²) in [4.78, 5) is 0. The van der Waals surface area contributed by atoms with Crippen LogP contribution in [0.1, 0.15) is 66.9 Å². The molecule has 106 valence electrons. The summed E-state index contributed by atoms with van der Waals surface area (Å²) >= 11 is 0. The van der Waals surface area contributed by atoms with E-state index >= 15 is 0 Å². The standard InChI is InChI=1S/C17H26O2/c1-12-10-14(3)15(11-13(12)2)16(18)17(19)8-6-4-5-7-9-17/h10-11,16,18-19H,4-9H2,1-3H3. The number of hydrogen-bond donors (Lipinski definition) is 2. The Bertz CT molecular complexity index is 443. The summed E-state index contributed by atoms with van der Waals surface area (Å²) in [6, 6.07) is 4.14. The van der Waals surface area contributed by atoms with E-state index in [9.17, 15) is 10.2 Å². The van der Waals surface area contributed by atoms with E-state index in [2.05, 4.69) is 19.9 Å². The zero-order valence-corrected chi connectivity index (χ0v) is 12.4. The average Bonchev–Trinajstić information content (AvgIpc) is 2.59. The van der Waals surface area contributed by atoms with Crippen molar-refractivity contribution in [1.29, 1.82) is 0 Å². The number of benzene rings is 1. The van der Waals surface area contributed by atoms with Gasteiger partial charge in [-0.3, -0.25) is 0 Å². The van der Waals surface area contributed by atoms with Crippen LogP contribution < -0.4 is 0 Å². The molecule has 2 rings (SSSR count). The van der Waals surface area contributed by atoms with Crippen LogP contribution >= 0.6 is 0 Å². The highest BCUT2D eigenvalue weighted by molar-refractivity contribution is 5.38. The molecule has 1 aromatic rings. The summed E-state index contributed by atoms with van der Waals surface area (Å²) in [5, 5.41) is 21.5. The second kappa shape index (κ2) is 5.64. The van der Waals surface area contributed by atoms with E-state index in [0.717, 1.165) is 24.0 Å². The highest BCUT2D eigenvalue weighted by atomic mass is 16.3. The number of aryl methyl sites for hydroxylation is 3. The maximum absolute atomic E-state index is 10.8. The van der Waals surface area contributed by atoms with Crippen molar-refractivity contribution in [1.82, 2.24) is 0 Å². The molecule has 1 aromatic carbocycles. The molecule has 1 saturated carbocycles. The molecule has 1 aliphatic rings. The fourth-order valence-electron chi connectivity index (χ4n) is 3.18. The minimum absolute atomic E-state index is 0.709. The zero-order chi connectivity index (χ0) is 14.0. The number of hydrogen-bond acceptors (Lipinski definition) is 2. The molecular weight excluding hydrogens is 236 g/mol. The molecule has 0 spiro atoms. The lowest BCUT2D eigenvalue weighted by Crippen LogP contribution is -2.36. The van der Waals surface area contributed by atoms with Crippen LogP contribution in [0.3, 0.4) is 0 Å². The highest BCUT2D eigenvalue weighted by Crippen LogP contribution is 2.38. The SMILES string of the molecule is Cc1cc(C)c(C(O)C2(O)CCCCCC2)cc1C. The Labute approximate surface area is 116 Å². The number of rotatable bonds is 2. The molecule has 2 nitrogen and oxygen atoms in total. The Morgan fingerprint density at radius 2 is 1.42 bits per heavy atom. The first-order valence-corrected chi connectivity index (χ1v) is 7.42. The Balaban J connectivity index is 2.32. The summed E-state index contributed by atoms with van der Waals surface area (Å²) in [6.07, 6.45) is 5.02. The van der Waals surface area contributed by atoms with Gasteiger partial charge in [0.05, 0.1) is 5.60 Å². The smallest absolute Gasteiger partial charge is 0.108 e. The first kappa shape index (κ1) is 14.5. The zero-order valence-electron chi connectivity index (χ0n) is 12.4. The minimum Gasteiger partial charge on any atom is -0.387 e. The van der Waals surface area contributed by atoms with E-state index in [1.54, 1.807) is 0 Å². The molecule has 1 unspecified atom stereocenters. The molecule has 0 radical (unpaired) electrons. The van der Waals surface area contributed by atoms with Crippen molar-refractivity contribution in [3.63, 3.8) is 0 Å². The van der Waals surface area contributed by atoms with Gasteiger partial charge in [0, 0.05) is 0 Å². The van der Waals surface area contributed by atoms with Gasteiger partial charge in [0.1, 0.15) is 6.10 Å². The largest absolute Gasteiger partial charge is 0.387 e. The quantitative estimate of drug-likeness (QED) is 0.797. The lowest BCUT2D eigenvalue weighted by molar-refractivity contribution is -0.0870. The Morgan fingerprint density at radius 1 is 0.895 bits per heavy atom. The van der Waals surface area contributed by atoms with Crippen LogP contribution in [0.25, 0.3) is 0 Å². The van der Waals surface area contributed by atoms with Gasteiger partial charge in [0.15, 0.2) is 0 Å². The van der Waals surface area contributed by atoms with E-state index in [4.69, 9.17) is 0 Å². The van der Waals surface area contributed by atoms with Crippen LogP contribution in [0.2, 0.25) is 0 Å². The lowest BCUT2D eigenvalue weighted by atomic mass is 9.82. The maximum Gasteiger partial charge on any atom is 0.108 e. The minimum atomic E-state index is -0.942. The molecule has 2 N–H and O–H groups in total. The lowest BCUT2D eigenvalue weighted by Gasteiger charge is -2.33. The summed E-state index contributed by atoms with van der Waals surface area (Å²) < 4.78 is 0. The van der Waals surface area contributed by atoms with E-state index in [0.29, 0.717) is 12.8 Å². The van der Waals surface area contributed by atoms with Gasteiger partial charge in [-0.1, -0.05) is 37.8 Å². The van der Waals surface area contributed by atoms with Gasteiger partial charge < -0.3 is 10.2 Å². The summed E-state index contributed by atoms with van der Waals surface area (Å²) in [6.45, 7) is 6.16. The van der Waals surface area contributed by atoms with Crippen LogP contribution in [-0.2, 0) is 0 Å². The van der Waals surface area contributed by atoms with Crippen molar-refractivity contribution in [2.45, 2.75) is 71.0 Å². The van der Waals surface area contributed by atoms with Crippen molar-refractivity contribution < 1.29 is 10.2 Å². The first-order valence-electron chi connectivity index (χ1n) is 7.42. The molecule has 19 heavy (non-hydrogen) atoms. The fraction of sp³-hybridized carbons (Fsp3) is 0.647. The second-order valence-corrected chi connectivity index (χ2v) is 6.21. The van der Waals surface area contributed by atoms with E-state index in [1.807, 2.05) is 13.0 Å². The van der Waals surface area contributed by atoms with Gasteiger partial charge in [-0.05, 0) is 55.9 Å². The van der Waals surface area contributed by atoms with Crippen LogP contribution in [0.15, 0.2) is 12.1 Å². The molecule has 0 heterocycles. The van der Waals surface area contributed by atoms with Crippen molar-refractivity contribution in [3.8, 4) is 0 Å². The molecule has 1 fully saturated rings. The topological polar surface area (TPSA) is 40.5 Å². The van der Waals surface area contributed by atoms with Crippen LogP contribution in [0.5, 0.6) is 0 Å². The molecule has 0 aromatic heterocycles. The summed E-state index contributed by atoms with van der Waals surface area (Å²) in [5.74, 6) is 0. The second-order valence-electron chi connectivity index (χ2n) is 6.21. The third-order valence-corrected chi connectivity index (χ3v) is 4.66. The predicted molar refractivity (Wildman–Crippen MR) is 78.3 cm³/mol. The van der Waals surface area contributed by atoms with Crippen LogP contribution in [0, 0.1) is 20.8 Å². The molecule has 1 atom stereocenters. The number of aliphatic hydroxyl groups excluding tert-OH is 1. The predicted octanol–water partition coefficient (Wildman–Crippen LogP) is 3.73. The van der Waals surface area contributed by atoms with Gasteiger partial charge in [-0.2, -0.15) is 0 Å². The molecule has 0 amide bonds. The summed E-state index contributed by atoms with van der Waals surface area (Å²) in [7, 11) is 0. The molecular formula is C17H26O2. The van der Waals surface area contributed by atoms with Crippen LogP contribution in [0.4, 0.5) is 0 Å². The molecule has 1 aliphatic carbocycles. The van der Waals surface area contributed by atoms with Crippen molar-refractivity contribution in [2.75, 3.05) is 0 Å². The molecule has 0 aliphatic heterocycles. The van der Waals surface area contributed by atoms with E-state index < -0.39 is 11.7 Å². The van der Waals surface area contributed by atoms with Gasteiger partial charge in [-0.25, -0.2) is 0 Å². The Morgan fingerprint density at radius 3 is 2.00 bits per heavy atom. The summed E-state index contributed by atoms with van der Waals surface area (Å²) in [5.41, 5.74) is 3.45. The Hall–Kier alpha value is -0.860. The van der Waals surface area contributed by atoms with Gasteiger partial charge >= 0.3 is 0 Å². The Kier molecular flexibility index (Phi) is 4.32. The van der Waals surface area contributed by atoms with Crippen LogP contribution in [-0.4, -0.2) is 15.8 Å². The van der Waals surface area contributed by atoms with E-state index in [-0.39, 0.29) is 0 Å². The number of aliphatic hydroxyl groups is 2. The normalized spacial score (nSPS) is 20.9. The van der Waals surface area contributed by atoms with Crippen molar-refractivity contribution >= 4 is 0 Å². The molecule has 2 heteroatoms. The fourth-order valence-corrected chi connectivity index (χ4v) is 3.18. The van der Waals surface area contributed by atoms with E-state index in [1.165, 1.54) is 24.0 Å². The van der Waals surface area contributed by atoms with Gasteiger partial charge in [0.25, 0.3) is 0 Å². The first-order chi connectivity index (χ1) is 8.94.